The second kappa shape index (κ2) is 13.1. The summed E-state index contributed by atoms with van der Waals surface area (Å²) in [4.78, 5) is 24.0. The van der Waals surface area contributed by atoms with Gasteiger partial charge in [0.2, 0.25) is 0 Å². The van der Waals surface area contributed by atoms with E-state index in [0.29, 0.717) is 47.5 Å². The van der Waals surface area contributed by atoms with Gasteiger partial charge in [0.1, 0.15) is 23.0 Å². The molecule has 11 heteroatoms. The van der Waals surface area contributed by atoms with Gasteiger partial charge in [0.15, 0.2) is 5.78 Å². The average Bonchev–Trinajstić information content (AvgIpc) is 2.88. The molecule has 1 heterocycles. The van der Waals surface area contributed by atoms with Gasteiger partial charge in [-0.1, -0.05) is 17.7 Å². The molecular formula is C28H23ClF3NaO6. The number of methoxy groups -OCH3 is 1. The molecule has 0 fully saturated rings. The number of aliphatic carboxylic acids is 1. The predicted octanol–water partition coefficient (Wildman–Crippen LogP) is 2.99. The zero-order chi connectivity index (χ0) is 27.4. The van der Waals surface area contributed by atoms with E-state index in [0.717, 1.165) is 12.1 Å². The smallest absolute Gasteiger partial charge is 0.549 e. The van der Waals surface area contributed by atoms with Gasteiger partial charge in [-0.15, -0.1) is 0 Å². The minimum Gasteiger partial charge on any atom is -0.549 e. The fraction of sp³-hybridized carbons (Fsp3) is 0.286. The molecule has 0 aliphatic carbocycles. The van der Waals surface area contributed by atoms with Crippen molar-refractivity contribution in [1.29, 1.82) is 0 Å². The average molecular weight is 571 g/mol. The van der Waals surface area contributed by atoms with Gasteiger partial charge in [-0.3, -0.25) is 4.79 Å². The van der Waals surface area contributed by atoms with Gasteiger partial charge in [0.25, 0.3) is 0 Å². The van der Waals surface area contributed by atoms with E-state index >= 15 is 0 Å². The Morgan fingerprint density at radius 1 is 1.08 bits per heavy atom. The van der Waals surface area contributed by atoms with Crippen molar-refractivity contribution in [2.24, 2.45) is 0 Å². The largest absolute Gasteiger partial charge is 1.00 e. The molecule has 0 saturated carbocycles. The van der Waals surface area contributed by atoms with Gasteiger partial charge < -0.3 is 24.1 Å². The molecule has 1 unspecified atom stereocenters. The maximum atomic E-state index is 12.9. The Balaban J connectivity index is 0.00000420. The number of carboxylic acid groups (broad SMARTS) is 1. The van der Waals surface area contributed by atoms with Gasteiger partial charge in [0, 0.05) is 35.5 Å². The maximum Gasteiger partial charge on any atom is 1.00 e. The summed E-state index contributed by atoms with van der Waals surface area (Å²) in [5, 5.41) is 11.6. The molecule has 0 amide bonds. The fourth-order valence-corrected chi connectivity index (χ4v) is 4.47. The summed E-state index contributed by atoms with van der Waals surface area (Å²) >= 11 is 6.31. The van der Waals surface area contributed by atoms with Crippen LogP contribution in [0.4, 0.5) is 13.2 Å². The van der Waals surface area contributed by atoms with Crippen LogP contribution in [0.15, 0.2) is 54.6 Å². The van der Waals surface area contributed by atoms with Crippen molar-refractivity contribution in [3.63, 3.8) is 0 Å². The SMILES string of the molecule is COc1cc(C(F)(F)F)ccc1CCCC(=O)c1ccc(Oc2cc3c(cc2Cl)C(C(=O)[O-])CCO3)cc1.[Na+]. The molecule has 4 rings (SSSR count). The molecule has 0 spiro atoms. The van der Waals surface area contributed by atoms with Crippen molar-refractivity contribution in [3.05, 3.63) is 81.9 Å². The number of rotatable bonds is 9. The van der Waals surface area contributed by atoms with E-state index in [-0.39, 0.29) is 64.9 Å². The van der Waals surface area contributed by atoms with E-state index in [1.165, 1.54) is 25.3 Å². The molecule has 0 N–H and O–H groups in total. The summed E-state index contributed by atoms with van der Waals surface area (Å²) < 4.78 is 55.2. The van der Waals surface area contributed by atoms with Crippen molar-refractivity contribution in [1.82, 2.24) is 0 Å². The van der Waals surface area contributed by atoms with E-state index < -0.39 is 23.6 Å². The number of Topliss-reactive ketones (excluding diaryl/α,β-unsaturated/α-hetero) is 1. The second-order valence-corrected chi connectivity index (χ2v) is 9.16. The molecule has 6 nitrogen and oxygen atoms in total. The number of ketones is 1. The van der Waals surface area contributed by atoms with Gasteiger partial charge in [-0.25, -0.2) is 0 Å². The van der Waals surface area contributed by atoms with Gasteiger partial charge >= 0.3 is 35.7 Å². The standard InChI is InChI=1S/C28H24ClF3O6.Na/c1-36-24-13-18(28(30,31)32)8-5-17(24)3-2-4-23(33)16-6-9-19(10-7-16)38-26-15-25-21(14-22(26)29)20(27(34)35)11-12-37-25;/h5-10,13-15,20H,2-4,11-12H2,1H3,(H,34,35);/q;+1/p-1. The Hall–Kier alpha value is -2.72. The van der Waals surface area contributed by atoms with Crippen LogP contribution >= 0.6 is 11.6 Å². The number of hydrogen-bond donors (Lipinski definition) is 0. The number of alkyl halides is 3. The van der Waals surface area contributed by atoms with Crippen molar-refractivity contribution in [2.45, 2.75) is 37.8 Å². The number of carbonyl (C=O) groups excluding carboxylic acids is 2. The molecule has 0 saturated heterocycles. The predicted molar refractivity (Wildman–Crippen MR) is 131 cm³/mol. The van der Waals surface area contributed by atoms with Crippen molar-refractivity contribution in [3.8, 4) is 23.0 Å². The number of fused-ring (bicyclic) bond motifs is 1. The second-order valence-electron chi connectivity index (χ2n) is 8.76. The topological polar surface area (TPSA) is 84.9 Å². The molecule has 0 aromatic heterocycles. The van der Waals surface area contributed by atoms with Crippen LogP contribution in [0.5, 0.6) is 23.0 Å². The first-order chi connectivity index (χ1) is 18.1. The normalized spacial score (nSPS) is 14.4. The van der Waals surface area contributed by atoms with E-state index in [2.05, 4.69) is 0 Å². The summed E-state index contributed by atoms with van der Waals surface area (Å²) in [6.07, 6.45) is -3.17. The number of benzene rings is 3. The Morgan fingerprint density at radius 2 is 1.79 bits per heavy atom. The summed E-state index contributed by atoms with van der Waals surface area (Å²) in [6.45, 7) is 0.231. The third-order valence-corrected chi connectivity index (χ3v) is 6.55. The first-order valence-corrected chi connectivity index (χ1v) is 12.2. The minimum atomic E-state index is -4.46. The minimum absolute atomic E-state index is 0. The number of aryl methyl sites for hydroxylation is 1. The molecule has 3 aromatic carbocycles. The molecule has 1 atom stereocenters. The number of ether oxygens (including phenoxy) is 3. The molecule has 1 aliphatic heterocycles. The molecule has 0 radical (unpaired) electrons. The van der Waals surface area contributed by atoms with Crippen molar-refractivity contribution >= 4 is 23.4 Å². The van der Waals surface area contributed by atoms with Gasteiger partial charge in [-0.05, 0) is 67.3 Å². The zero-order valence-corrected chi connectivity index (χ0v) is 24.0. The van der Waals surface area contributed by atoms with Gasteiger partial charge in [-0.2, -0.15) is 13.2 Å². The van der Waals surface area contributed by atoms with E-state index in [1.807, 2.05) is 0 Å². The Bertz CT molecular complexity index is 1340. The number of carboxylic acids is 1. The van der Waals surface area contributed by atoms with Crippen molar-refractivity contribution in [2.75, 3.05) is 13.7 Å². The van der Waals surface area contributed by atoms with E-state index in [1.54, 1.807) is 24.3 Å². The molecular weight excluding hydrogens is 548 g/mol. The quantitative estimate of drug-likeness (QED) is 0.291. The van der Waals surface area contributed by atoms with E-state index in [4.69, 9.17) is 25.8 Å². The summed E-state index contributed by atoms with van der Waals surface area (Å²) in [5.74, 6) is -0.958. The molecule has 0 bridgehead atoms. The first kappa shape index (κ1) is 30.8. The molecule has 1 aliphatic rings. The first-order valence-electron chi connectivity index (χ1n) is 11.8. The molecule has 3 aromatic rings. The van der Waals surface area contributed by atoms with Crippen LogP contribution in [0.2, 0.25) is 5.02 Å². The van der Waals surface area contributed by atoms with Crippen LogP contribution in [0.25, 0.3) is 0 Å². The Morgan fingerprint density at radius 3 is 2.44 bits per heavy atom. The van der Waals surface area contributed by atoms with E-state index in [9.17, 15) is 27.9 Å². The van der Waals surface area contributed by atoms with Crippen LogP contribution in [0.1, 0.15) is 52.2 Å². The number of hydrogen-bond acceptors (Lipinski definition) is 6. The zero-order valence-electron chi connectivity index (χ0n) is 21.3. The maximum absolute atomic E-state index is 12.9. The van der Waals surface area contributed by atoms with Crippen LogP contribution in [-0.4, -0.2) is 25.5 Å². The van der Waals surface area contributed by atoms with Crippen LogP contribution in [0.3, 0.4) is 0 Å². The van der Waals surface area contributed by atoms with Gasteiger partial charge in [0.05, 0.1) is 24.3 Å². The molecule has 39 heavy (non-hydrogen) atoms. The monoisotopic (exact) mass is 570 g/mol. The number of carbonyl (C=O) groups is 2. The van der Waals surface area contributed by atoms with Crippen molar-refractivity contribution < 1.29 is 71.6 Å². The summed E-state index contributed by atoms with van der Waals surface area (Å²) in [7, 11) is 1.31. The van der Waals surface area contributed by atoms with Crippen LogP contribution < -0.4 is 48.9 Å². The Labute approximate surface area is 250 Å². The summed E-state index contributed by atoms with van der Waals surface area (Å²) in [6, 6.07) is 12.8. The van der Waals surface area contributed by atoms with Crippen LogP contribution in [0, 0.1) is 0 Å². The number of halogens is 4. The fourth-order valence-electron chi connectivity index (χ4n) is 4.26. The Kier molecular flexibility index (Phi) is 10.3. The molecule has 200 valence electrons. The summed E-state index contributed by atoms with van der Waals surface area (Å²) in [5.41, 5.74) is 0.688. The van der Waals surface area contributed by atoms with Crippen LogP contribution in [-0.2, 0) is 17.4 Å². The third-order valence-electron chi connectivity index (χ3n) is 6.26. The third kappa shape index (κ3) is 7.48.